The van der Waals surface area contributed by atoms with Crippen molar-refractivity contribution in [2.75, 3.05) is 13.2 Å². The van der Waals surface area contributed by atoms with Crippen molar-refractivity contribution in [1.29, 1.82) is 0 Å². The Balaban J connectivity index is 2.01. The molecule has 1 aliphatic heterocycles. The first-order chi connectivity index (χ1) is 10.1. The molecule has 2 heterocycles. The smallest absolute Gasteiger partial charge is 0.273 e. The van der Waals surface area contributed by atoms with Crippen LogP contribution in [0.4, 0.5) is 0 Å². The molecule has 1 saturated heterocycles. The van der Waals surface area contributed by atoms with Gasteiger partial charge < -0.3 is 9.64 Å². The van der Waals surface area contributed by atoms with Crippen LogP contribution in [0.1, 0.15) is 24.3 Å². The van der Waals surface area contributed by atoms with Gasteiger partial charge in [-0.3, -0.25) is 4.79 Å². The molecule has 0 radical (unpaired) electrons. The van der Waals surface area contributed by atoms with Crippen LogP contribution in [0.15, 0.2) is 30.3 Å². The third kappa shape index (κ3) is 2.61. The quantitative estimate of drug-likeness (QED) is 0.813. The molecule has 5 heteroatoms. The number of morpholine rings is 1. The van der Waals surface area contributed by atoms with E-state index >= 15 is 0 Å². The number of ether oxygens (including phenoxy) is 1. The Labute approximate surface area is 128 Å². The lowest BCUT2D eigenvalue weighted by Gasteiger charge is -2.38. The van der Waals surface area contributed by atoms with E-state index in [9.17, 15) is 4.79 Å². The van der Waals surface area contributed by atoms with Crippen molar-refractivity contribution < 1.29 is 9.53 Å². The molecule has 4 nitrogen and oxygen atoms in total. The minimum atomic E-state index is -0.0917. The molecule has 1 amide bonds. The van der Waals surface area contributed by atoms with E-state index in [0.717, 1.165) is 10.9 Å². The Morgan fingerprint density at radius 3 is 2.67 bits per heavy atom. The molecule has 3 rings (SSSR count). The van der Waals surface area contributed by atoms with E-state index in [2.05, 4.69) is 4.98 Å². The van der Waals surface area contributed by atoms with Crippen molar-refractivity contribution >= 4 is 28.4 Å². The average molecular weight is 305 g/mol. The van der Waals surface area contributed by atoms with Gasteiger partial charge in [0.25, 0.3) is 5.91 Å². The van der Waals surface area contributed by atoms with E-state index in [1.807, 2.05) is 43.0 Å². The first kappa shape index (κ1) is 14.3. The summed E-state index contributed by atoms with van der Waals surface area (Å²) in [4.78, 5) is 19.1. The van der Waals surface area contributed by atoms with Crippen LogP contribution < -0.4 is 0 Å². The first-order valence-corrected chi connectivity index (χ1v) is 7.41. The van der Waals surface area contributed by atoms with Crippen molar-refractivity contribution in [3.05, 3.63) is 41.0 Å². The summed E-state index contributed by atoms with van der Waals surface area (Å²) < 4.78 is 5.46. The fraction of sp³-hybridized carbons (Fsp3) is 0.375. The maximum atomic E-state index is 12.8. The number of amides is 1. The number of nitrogens with zero attached hydrogens (tertiary/aromatic N) is 2. The van der Waals surface area contributed by atoms with Gasteiger partial charge in [0.1, 0.15) is 5.69 Å². The molecule has 0 saturated carbocycles. The second-order valence-corrected chi connectivity index (χ2v) is 5.86. The standard InChI is InChI=1S/C16H17ClN2O2/c1-10-8-21-9-11(2)19(10)16(20)15-7-13(17)12-5-3-4-6-14(12)18-15/h3-7,10-11H,8-9H2,1-2H3/t10-,11-/m0/s1. The number of fused-ring (bicyclic) bond motifs is 1. The lowest BCUT2D eigenvalue weighted by atomic mass is 10.1. The predicted molar refractivity (Wildman–Crippen MR) is 82.7 cm³/mol. The summed E-state index contributed by atoms with van der Waals surface area (Å²) in [6.45, 7) is 5.07. The van der Waals surface area contributed by atoms with Crippen LogP contribution in [0.25, 0.3) is 10.9 Å². The Morgan fingerprint density at radius 2 is 1.95 bits per heavy atom. The molecule has 2 aromatic rings. The summed E-state index contributed by atoms with van der Waals surface area (Å²) in [7, 11) is 0. The molecular weight excluding hydrogens is 288 g/mol. The number of benzene rings is 1. The summed E-state index contributed by atoms with van der Waals surface area (Å²) in [5.74, 6) is -0.0917. The Hall–Kier alpha value is -1.65. The van der Waals surface area contributed by atoms with Gasteiger partial charge in [-0.2, -0.15) is 0 Å². The fourth-order valence-corrected chi connectivity index (χ4v) is 3.04. The third-order valence-electron chi connectivity index (χ3n) is 3.79. The second kappa shape index (κ2) is 5.62. The number of carbonyl (C=O) groups is 1. The SMILES string of the molecule is C[C@H]1COC[C@H](C)N1C(=O)c1cc(Cl)c2ccccc2n1. The fourth-order valence-electron chi connectivity index (χ4n) is 2.78. The maximum Gasteiger partial charge on any atom is 0.273 e. The molecule has 21 heavy (non-hydrogen) atoms. The van der Waals surface area contributed by atoms with Crippen molar-refractivity contribution in [2.45, 2.75) is 25.9 Å². The molecule has 110 valence electrons. The summed E-state index contributed by atoms with van der Waals surface area (Å²) in [6.07, 6.45) is 0. The van der Waals surface area contributed by atoms with E-state index in [-0.39, 0.29) is 18.0 Å². The molecule has 0 bridgehead atoms. The molecular formula is C16H17ClN2O2. The molecule has 0 unspecified atom stereocenters. The molecule has 1 aromatic carbocycles. The van der Waals surface area contributed by atoms with Gasteiger partial charge in [-0.25, -0.2) is 4.98 Å². The van der Waals surface area contributed by atoms with Gasteiger partial charge in [0.05, 0.1) is 35.8 Å². The molecule has 0 aliphatic carbocycles. The maximum absolute atomic E-state index is 12.8. The van der Waals surface area contributed by atoms with E-state index in [0.29, 0.717) is 23.9 Å². The average Bonchev–Trinajstić information content (AvgIpc) is 2.47. The molecule has 1 aliphatic rings. The highest BCUT2D eigenvalue weighted by Gasteiger charge is 2.31. The van der Waals surface area contributed by atoms with Crippen LogP contribution in [0.5, 0.6) is 0 Å². The van der Waals surface area contributed by atoms with Crippen molar-refractivity contribution in [3.8, 4) is 0 Å². The lowest BCUT2D eigenvalue weighted by molar-refractivity contribution is -0.0252. The molecule has 0 N–H and O–H groups in total. The number of pyridine rings is 1. The number of para-hydroxylation sites is 1. The summed E-state index contributed by atoms with van der Waals surface area (Å²) in [6, 6.07) is 9.29. The highest BCUT2D eigenvalue weighted by molar-refractivity contribution is 6.35. The molecule has 1 aromatic heterocycles. The number of carbonyl (C=O) groups excluding carboxylic acids is 1. The summed E-state index contributed by atoms with van der Waals surface area (Å²) in [5, 5.41) is 1.41. The van der Waals surface area contributed by atoms with Gasteiger partial charge in [0.2, 0.25) is 0 Å². The number of halogens is 1. The van der Waals surface area contributed by atoms with E-state index in [4.69, 9.17) is 16.3 Å². The van der Waals surface area contributed by atoms with Gasteiger partial charge >= 0.3 is 0 Å². The highest BCUT2D eigenvalue weighted by atomic mass is 35.5. The van der Waals surface area contributed by atoms with E-state index in [1.165, 1.54) is 0 Å². The highest BCUT2D eigenvalue weighted by Crippen LogP contribution is 2.24. The largest absolute Gasteiger partial charge is 0.377 e. The van der Waals surface area contributed by atoms with Crippen molar-refractivity contribution in [2.24, 2.45) is 0 Å². The van der Waals surface area contributed by atoms with Gasteiger partial charge in [-0.1, -0.05) is 29.8 Å². The minimum absolute atomic E-state index is 0.0355. The van der Waals surface area contributed by atoms with Gasteiger partial charge in [-0.05, 0) is 26.0 Å². The first-order valence-electron chi connectivity index (χ1n) is 7.03. The van der Waals surface area contributed by atoms with E-state index < -0.39 is 0 Å². The van der Waals surface area contributed by atoms with Gasteiger partial charge in [0.15, 0.2) is 0 Å². The predicted octanol–water partition coefficient (Wildman–Crippen LogP) is 3.14. The molecule has 1 fully saturated rings. The van der Waals surface area contributed by atoms with E-state index in [1.54, 1.807) is 6.07 Å². The number of hydrogen-bond donors (Lipinski definition) is 0. The normalized spacial score (nSPS) is 22.5. The van der Waals surface area contributed by atoms with Crippen LogP contribution in [0.2, 0.25) is 5.02 Å². The number of hydrogen-bond acceptors (Lipinski definition) is 3. The number of rotatable bonds is 1. The summed E-state index contributed by atoms with van der Waals surface area (Å²) in [5.41, 5.74) is 1.13. The second-order valence-electron chi connectivity index (χ2n) is 5.45. The van der Waals surface area contributed by atoms with Crippen molar-refractivity contribution in [3.63, 3.8) is 0 Å². The van der Waals surface area contributed by atoms with Gasteiger partial charge in [0, 0.05) is 5.39 Å². The van der Waals surface area contributed by atoms with Crippen LogP contribution >= 0.6 is 11.6 Å². The summed E-state index contributed by atoms with van der Waals surface area (Å²) >= 11 is 6.28. The van der Waals surface area contributed by atoms with Gasteiger partial charge in [-0.15, -0.1) is 0 Å². The Kier molecular flexibility index (Phi) is 3.83. The minimum Gasteiger partial charge on any atom is -0.377 e. The monoisotopic (exact) mass is 304 g/mol. The zero-order valence-electron chi connectivity index (χ0n) is 12.0. The Morgan fingerprint density at radius 1 is 1.29 bits per heavy atom. The van der Waals surface area contributed by atoms with Crippen LogP contribution in [-0.2, 0) is 4.74 Å². The lowest BCUT2D eigenvalue weighted by Crippen LogP contribution is -2.52. The molecule has 2 atom stereocenters. The zero-order chi connectivity index (χ0) is 15.0. The number of aromatic nitrogens is 1. The Bertz CT molecular complexity index is 679. The van der Waals surface area contributed by atoms with Crippen molar-refractivity contribution in [1.82, 2.24) is 9.88 Å². The van der Waals surface area contributed by atoms with Crippen LogP contribution in [-0.4, -0.2) is 41.1 Å². The van der Waals surface area contributed by atoms with Crippen LogP contribution in [0.3, 0.4) is 0 Å². The molecule has 0 spiro atoms. The topological polar surface area (TPSA) is 42.4 Å². The zero-order valence-corrected chi connectivity index (χ0v) is 12.8. The van der Waals surface area contributed by atoms with Crippen LogP contribution in [0, 0.1) is 0 Å². The third-order valence-corrected chi connectivity index (χ3v) is 4.10.